The minimum Gasteiger partial charge on any atom is -0.481 e. The van der Waals surface area contributed by atoms with Gasteiger partial charge in [-0.15, -0.1) is 11.3 Å². The van der Waals surface area contributed by atoms with E-state index in [-0.39, 0.29) is 18.4 Å². The van der Waals surface area contributed by atoms with E-state index in [1.807, 2.05) is 44.2 Å². The largest absolute Gasteiger partial charge is 0.481 e. The molecule has 7 nitrogen and oxygen atoms in total. The fraction of sp³-hybridized carbons (Fsp3) is 0.194. The molecule has 0 aliphatic heterocycles. The van der Waals surface area contributed by atoms with Gasteiger partial charge < -0.3 is 20.1 Å². The van der Waals surface area contributed by atoms with E-state index in [4.69, 9.17) is 21.1 Å². The van der Waals surface area contributed by atoms with E-state index in [0.29, 0.717) is 32.6 Å². The number of rotatable bonds is 9. The van der Waals surface area contributed by atoms with E-state index in [2.05, 4.69) is 10.6 Å². The minimum atomic E-state index is -0.796. The number of esters is 1. The van der Waals surface area contributed by atoms with Gasteiger partial charge in [-0.2, -0.15) is 0 Å². The summed E-state index contributed by atoms with van der Waals surface area (Å²) in [6.45, 7) is 7.32. The summed E-state index contributed by atoms with van der Waals surface area (Å²) in [5, 5.41) is 6.67. The van der Waals surface area contributed by atoms with Gasteiger partial charge in [0.25, 0.3) is 11.8 Å². The number of carbonyl (C=O) groups excluding carboxylic acids is 3. The molecule has 1 aromatic heterocycles. The number of amides is 2. The van der Waals surface area contributed by atoms with Gasteiger partial charge in [-0.25, -0.2) is 4.79 Å². The zero-order valence-electron chi connectivity index (χ0n) is 22.5. The van der Waals surface area contributed by atoms with Crippen molar-refractivity contribution in [3.8, 4) is 16.9 Å². The maximum Gasteiger partial charge on any atom is 0.341 e. The number of anilines is 2. The molecule has 4 aromatic rings. The van der Waals surface area contributed by atoms with Crippen LogP contribution in [0.25, 0.3) is 11.1 Å². The van der Waals surface area contributed by atoms with Crippen LogP contribution in [0.1, 0.15) is 45.0 Å². The van der Waals surface area contributed by atoms with Crippen LogP contribution in [0.2, 0.25) is 5.02 Å². The van der Waals surface area contributed by atoms with Crippen molar-refractivity contribution in [2.75, 3.05) is 17.2 Å². The summed E-state index contributed by atoms with van der Waals surface area (Å²) < 4.78 is 11.1. The number of halogens is 1. The van der Waals surface area contributed by atoms with Crippen LogP contribution in [0.15, 0.2) is 72.8 Å². The Labute approximate surface area is 242 Å². The van der Waals surface area contributed by atoms with Crippen LogP contribution in [0.4, 0.5) is 10.7 Å². The molecular formula is C31H29ClN2O5S. The van der Waals surface area contributed by atoms with E-state index < -0.39 is 12.1 Å². The van der Waals surface area contributed by atoms with Crippen LogP contribution in [0.5, 0.6) is 5.75 Å². The van der Waals surface area contributed by atoms with Crippen molar-refractivity contribution in [1.29, 1.82) is 0 Å². The topological polar surface area (TPSA) is 93.7 Å². The van der Waals surface area contributed by atoms with Crippen molar-refractivity contribution in [3.05, 3.63) is 99.4 Å². The van der Waals surface area contributed by atoms with Gasteiger partial charge >= 0.3 is 5.97 Å². The molecular weight excluding hydrogens is 548 g/mol. The van der Waals surface area contributed by atoms with Gasteiger partial charge in [-0.1, -0.05) is 48.0 Å². The third kappa shape index (κ3) is 6.52. The van der Waals surface area contributed by atoms with E-state index in [1.165, 1.54) is 11.3 Å². The average molecular weight is 577 g/mol. The van der Waals surface area contributed by atoms with Gasteiger partial charge in [0.2, 0.25) is 0 Å². The summed E-state index contributed by atoms with van der Waals surface area (Å²) in [5.41, 5.74) is 3.68. The number of thiophene rings is 1. The lowest BCUT2D eigenvalue weighted by molar-refractivity contribution is -0.122. The Morgan fingerprint density at radius 1 is 0.925 bits per heavy atom. The Hall–Kier alpha value is -4.14. The molecule has 0 spiro atoms. The second-order valence-corrected chi connectivity index (χ2v) is 10.6. The first kappa shape index (κ1) is 28.9. The molecule has 3 aromatic carbocycles. The highest BCUT2D eigenvalue weighted by molar-refractivity contribution is 7.17. The van der Waals surface area contributed by atoms with Gasteiger partial charge in [-0.05, 0) is 75.2 Å². The normalized spacial score (nSPS) is 11.4. The lowest BCUT2D eigenvalue weighted by atomic mass is 10.0. The van der Waals surface area contributed by atoms with Gasteiger partial charge in [0.15, 0.2) is 6.10 Å². The highest BCUT2D eigenvalue weighted by Gasteiger charge is 2.26. The molecule has 0 fully saturated rings. The summed E-state index contributed by atoms with van der Waals surface area (Å²) in [6.07, 6.45) is -0.796. The SMILES string of the molecule is CCOC(=O)c1c(NC(=O)c2ccc(OC(C)C(=O)Nc3cccc(Cl)c3C)cc2)sc(C)c1-c1ccccc1. The van der Waals surface area contributed by atoms with Gasteiger partial charge in [0.05, 0.1) is 6.61 Å². The third-order valence-corrected chi connectivity index (χ3v) is 7.61. The smallest absolute Gasteiger partial charge is 0.341 e. The lowest BCUT2D eigenvalue weighted by Gasteiger charge is -2.16. The molecule has 0 bridgehead atoms. The fourth-order valence-corrected chi connectivity index (χ4v) is 5.31. The zero-order valence-corrected chi connectivity index (χ0v) is 24.1. The Balaban J connectivity index is 1.47. The van der Waals surface area contributed by atoms with Crippen molar-refractivity contribution >= 4 is 51.4 Å². The highest BCUT2D eigenvalue weighted by atomic mass is 35.5. The lowest BCUT2D eigenvalue weighted by Crippen LogP contribution is -2.30. The standard InChI is InChI=1S/C31H29ClN2O5S/c1-5-38-31(37)27-26(21-10-7-6-8-11-21)20(4)40-30(27)34-29(36)22-14-16-23(17-15-22)39-19(3)28(35)33-25-13-9-12-24(32)18(25)2/h6-17,19H,5H2,1-4H3,(H,33,35)(H,34,36). The molecule has 0 saturated heterocycles. The molecule has 206 valence electrons. The predicted molar refractivity (Wildman–Crippen MR) is 160 cm³/mol. The molecule has 40 heavy (non-hydrogen) atoms. The number of hydrogen-bond donors (Lipinski definition) is 2. The number of hydrogen-bond acceptors (Lipinski definition) is 6. The molecule has 1 unspecified atom stereocenters. The second-order valence-electron chi connectivity index (χ2n) is 8.96. The summed E-state index contributed by atoms with van der Waals surface area (Å²) in [7, 11) is 0. The van der Waals surface area contributed by atoms with Crippen molar-refractivity contribution < 1.29 is 23.9 Å². The summed E-state index contributed by atoms with van der Waals surface area (Å²) >= 11 is 7.46. The molecule has 2 amide bonds. The second kappa shape index (κ2) is 12.8. The van der Waals surface area contributed by atoms with E-state index in [0.717, 1.165) is 21.6 Å². The van der Waals surface area contributed by atoms with Crippen molar-refractivity contribution in [3.63, 3.8) is 0 Å². The molecule has 0 aliphatic rings. The summed E-state index contributed by atoms with van der Waals surface area (Å²) in [5.74, 6) is -0.793. The first-order valence-electron chi connectivity index (χ1n) is 12.7. The summed E-state index contributed by atoms with van der Waals surface area (Å²) in [6, 6.07) is 21.2. The first-order valence-corrected chi connectivity index (χ1v) is 13.9. The van der Waals surface area contributed by atoms with E-state index >= 15 is 0 Å². The van der Waals surface area contributed by atoms with Crippen LogP contribution < -0.4 is 15.4 Å². The van der Waals surface area contributed by atoms with Crippen LogP contribution in [0.3, 0.4) is 0 Å². The first-order chi connectivity index (χ1) is 19.2. The molecule has 0 radical (unpaired) electrons. The molecule has 0 saturated carbocycles. The quantitative estimate of drug-likeness (QED) is 0.201. The van der Waals surface area contributed by atoms with Crippen LogP contribution in [-0.2, 0) is 9.53 Å². The van der Waals surface area contributed by atoms with Crippen molar-refractivity contribution in [1.82, 2.24) is 0 Å². The number of ether oxygens (including phenoxy) is 2. The molecule has 1 heterocycles. The zero-order chi connectivity index (χ0) is 28.8. The van der Waals surface area contributed by atoms with E-state index in [9.17, 15) is 14.4 Å². The maximum atomic E-state index is 13.1. The number of nitrogens with one attached hydrogen (secondary N) is 2. The molecule has 2 N–H and O–H groups in total. The third-order valence-electron chi connectivity index (χ3n) is 6.18. The predicted octanol–water partition coefficient (Wildman–Crippen LogP) is 7.52. The molecule has 0 aliphatic carbocycles. The highest BCUT2D eigenvalue weighted by Crippen LogP contribution is 2.40. The van der Waals surface area contributed by atoms with E-state index in [1.54, 1.807) is 56.3 Å². The minimum absolute atomic E-state index is 0.214. The summed E-state index contributed by atoms with van der Waals surface area (Å²) in [4.78, 5) is 39.6. The number of benzene rings is 3. The Kier molecular flexibility index (Phi) is 9.24. The van der Waals surface area contributed by atoms with Crippen LogP contribution >= 0.6 is 22.9 Å². The van der Waals surface area contributed by atoms with Gasteiger partial charge in [0.1, 0.15) is 16.3 Å². The van der Waals surface area contributed by atoms with Crippen LogP contribution in [0, 0.1) is 13.8 Å². The Morgan fingerprint density at radius 3 is 2.30 bits per heavy atom. The van der Waals surface area contributed by atoms with Gasteiger partial charge in [0, 0.05) is 26.7 Å². The van der Waals surface area contributed by atoms with Crippen molar-refractivity contribution in [2.24, 2.45) is 0 Å². The fourth-order valence-electron chi connectivity index (χ4n) is 4.08. The number of carbonyl (C=O) groups is 3. The molecule has 1 atom stereocenters. The number of aryl methyl sites for hydroxylation is 1. The Morgan fingerprint density at radius 2 is 1.62 bits per heavy atom. The van der Waals surface area contributed by atoms with Gasteiger partial charge in [-0.3, -0.25) is 9.59 Å². The monoisotopic (exact) mass is 576 g/mol. The molecule has 4 rings (SSSR count). The maximum absolute atomic E-state index is 13.1. The molecule has 9 heteroatoms. The average Bonchev–Trinajstić information content (AvgIpc) is 3.27. The van der Waals surface area contributed by atoms with Crippen molar-refractivity contribution in [2.45, 2.75) is 33.8 Å². The van der Waals surface area contributed by atoms with Crippen LogP contribution in [-0.4, -0.2) is 30.5 Å². The Bertz CT molecular complexity index is 1530.